The summed E-state index contributed by atoms with van der Waals surface area (Å²) in [5.74, 6) is 0.617. The monoisotopic (exact) mass is 235 g/mol. The first-order valence-electron chi connectivity index (χ1n) is 5.78. The Bertz CT molecular complexity index is 578. The van der Waals surface area contributed by atoms with Crippen molar-refractivity contribution < 1.29 is 4.65 Å². The molecule has 0 N–H and O–H groups in total. The highest BCUT2D eigenvalue weighted by atomic mass is 16.4. The molecule has 18 heavy (non-hydrogen) atoms. The Morgan fingerprint density at radius 3 is 2.67 bits per heavy atom. The first-order valence-corrected chi connectivity index (χ1v) is 5.78. The number of para-hydroxylation sites is 1. The Kier molecular flexibility index (Phi) is 3.83. The van der Waals surface area contributed by atoms with Crippen molar-refractivity contribution in [2.75, 3.05) is 0 Å². The minimum atomic E-state index is 0.617. The minimum absolute atomic E-state index is 0.617. The Morgan fingerprint density at radius 2 is 1.89 bits per heavy atom. The van der Waals surface area contributed by atoms with Crippen molar-refractivity contribution in [3.8, 4) is 5.75 Å². The van der Waals surface area contributed by atoms with Crippen LogP contribution in [0, 0.1) is 13.8 Å². The molecule has 0 fully saturated rings. The molecule has 0 atom stereocenters. The fraction of sp³-hybridized carbons (Fsp3) is 0.133. The molecular weight excluding hydrogens is 221 g/mol. The number of hydrogen-bond acceptors (Lipinski definition) is 2. The SMILES string of the molecule is [B]Oc1ccccc1C=Nc1cc(C)ccc1C. The summed E-state index contributed by atoms with van der Waals surface area (Å²) >= 11 is 0. The van der Waals surface area contributed by atoms with Gasteiger partial charge in [-0.05, 0) is 43.2 Å². The molecule has 0 saturated carbocycles. The van der Waals surface area contributed by atoms with Crippen LogP contribution in [-0.4, -0.2) is 14.3 Å². The molecule has 3 heteroatoms. The summed E-state index contributed by atoms with van der Waals surface area (Å²) in [5.41, 5.74) is 4.15. The summed E-state index contributed by atoms with van der Waals surface area (Å²) in [5, 5.41) is 0. The zero-order chi connectivity index (χ0) is 13.0. The molecular formula is C15H14BNO. The van der Waals surface area contributed by atoms with Crippen LogP contribution in [0.15, 0.2) is 47.5 Å². The predicted octanol–water partition coefficient (Wildman–Crippen LogP) is 3.52. The average Bonchev–Trinajstić information content (AvgIpc) is 2.40. The van der Waals surface area contributed by atoms with Gasteiger partial charge in [0.1, 0.15) is 5.75 Å². The molecule has 0 unspecified atom stereocenters. The predicted molar refractivity (Wildman–Crippen MR) is 76.0 cm³/mol. The third-order valence-electron chi connectivity index (χ3n) is 2.75. The summed E-state index contributed by atoms with van der Waals surface area (Å²) < 4.78 is 4.80. The van der Waals surface area contributed by atoms with E-state index in [1.54, 1.807) is 6.21 Å². The fourth-order valence-electron chi connectivity index (χ4n) is 1.69. The Hall–Kier alpha value is -2.03. The lowest BCUT2D eigenvalue weighted by atomic mass is 10.1. The number of nitrogens with zero attached hydrogens (tertiary/aromatic N) is 1. The third kappa shape index (κ3) is 2.80. The summed E-state index contributed by atoms with van der Waals surface area (Å²) in [7, 11) is 5.21. The maximum atomic E-state index is 5.21. The van der Waals surface area contributed by atoms with E-state index in [1.807, 2.05) is 31.2 Å². The summed E-state index contributed by atoms with van der Waals surface area (Å²) in [6.45, 7) is 4.09. The van der Waals surface area contributed by atoms with Gasteiger partial charge in [0.25, 0.3) is 0 Å². The van der Waals surface area contributed by atoms with Crippen LogP contribution in [0.4, 0.5) is 5.69 Å². The smallest absolute Gasteiger partial charge is 0.374 e. The number of aryl methyl sites for hydroxylation is 2. The Balaban J connectivity index is 2.33. The number of benzene rings is 2. The molecule has 2 aromatic rings. The summed E-state index contributed by atoms with van der Waals surface area (Å²) in [4.78, 5) is 4.48. The topological polar surface area (TPSA) is 21.6 Å². The van der Waals surface area contributed by atoms with Crippen LogP contribution in [0.3, 0.4) is 0 Å². The van der Waals surface area contributed by atoms with Crippen molar-refractivity contribution in [1.29, 1.82) is 0 Å². The highest BCUT2D eigenvalue weighted by Gasteiger charge is 1.99. The van der Waals surface area contributed by atoms with E-state index in [4.69, 9.17) is 12.7 Å². The molecule has 0 bridgehead atoms. The molecule has 0 amide bonds. The van der Waals surface area contributed by atoms with Crippen molar-refractivity contribution in [1.82, 2.24) is 0 Å². The van der Waals surface area contributed by atoms with E-state index in [9.17, 15) is 0 Å². The van der Waals surface area contributed by atoms with Gasteiger partial charge in [-0.1, -0.05) is 24.3 Å². The fourth-order valence-corrected chi connectivity index (χ4v) is 1.69. The highest BCUT2D eigenvalue weighted by molar-refractivity contribution is 6.01. The van der Waals surface area contributed by atoms with Crippen LogP contribution in [0.25, 0.3) is 0 Å². The zero-order valence-electron chi connectivity index (χ0n) is 10.6. The molecule has 2 radical (unpaired) electrons. The van der Waals surface area contributed by atoms with Gasteiger partial charge in [-0.25, -0.2) is 0 Å². The van der Waals surface area contributed by atoms with Crippen LogP contribution in [0.1, 0.15) is 16.7 Å². The van der Waals surface area contributed by atoms with E-state index < -0.39 is 0 Å². The first-order chi connectivity index (χ1) is 8.70. The lowest BCUT2D eigenvalue weighted by molar-refractivity contribution is 0.615. The van der Waals surface area contributed by atoms with Crippen molar-refractivity contribution in [3.63, 3.8) is 0 Å². The van der Waals surface area contributed by atoms with Gasteiger partial charge in [-0.3, -0.25) is 4.99 Å². The number of rotatable bonds is 3. The van der Waals surface area contributed by atoms with Gasteiger partial charge in [0.05, 0.1) is 5.69 Å². The van der Waals surface area contributed by atoms with Gasteiger partial charge in [0.2, 0.25) is 0 Å². The maximum absolute atomic E-state index is 5.21. The molecule has 0 heterocycles. The van der Waals surface area contributed by atoms with Crippen molar-refractivity contribution >= 4 is 20.0 Å². The normalized spacial score (nSPS) is 10.8. The second kappa shape index (κ2) is 5.54. The van der Waals surface area contributed by atoms with Gasteiger partial charge < -0.3 is 4.65 Å². The van der Waals surface area contributed by atoms with Crippen molar-refractivity contribution in [2.45, 2.75) is 13.8 Å². The van der Waals surface area contributed by atoms with Crippen LogP contribution in [0.2, 0.25) is 0 Å². The van der Waals surface area contributed by atoms with Crippen LogP contribution in [-0.2, 0) is 0 Å². The standard InChI is InChI=1S/C15H14BNO/c1-11-7-8-12(2)14(9-11)17-10-13-5-3-4-6-15(13)18-16/h3-10H,1-2H3. The third-order valence-corrected chi connectivity index (χ3v) is 2.75. The lowest BCUT2D eigenvalue weighted by Gasteiger charge is -2.05. The van der Waals surface area contributed by atoms with E-state index in [1.165, 1.54) is 5.56 Å². The van der Waals surface area contributed by atoms with E-state index >= 15 is 0 Å². The van der Waals surface area contributed by atoms with Gasteiger partial charge in [0.15, 0.2) is 0 Å². The maximum Gasteiger partial charge on any atom is 0.374 e. The molecule has 0 spiro atoms. The lowest BCUT2D eigenvalue weighted by Crippen LogP contribution is -1.91. The molecule has 0 saturated heterocycles. The molecule has 0 aliphatic heterocycles. The van der Waals surface area contributed by atoms with E-state index in [0.29, 0.717) is 5.75 Å². The van der Waals surface area contributed by atoms with Gasteiger partial charge in [-0.15, -0.1) is 0 Å². The van der Waals surface area contributed by atoms with Gasteiger partial charge in [0, 0.05) is 11.8 Å². The number of aliphatic imine (C=N–C) groups is 1. The van der Waals surface area contributed by atoms with Crippen molar-refractivity contribution in [2.24, 2.45) is 4.99 Å². The molecule has 2 nitrogen and oxygen atoms in total. The van der Waals surface area contributed by atoms with Crippen LogP contribution >= 0.6 is 0 Å². The second-order valence-corrected chi connectivity index (χ2v) is 4.20. The molecule has 2 aromatic carbocycles. The molecule has 0 aromatic heterocycles. The largest absolute Gasteiger partial charge is 0.567 e. The summed E-state index contributed by atoms with van der Waals surface area (Å²) in [6.07, 6.45) is 1.77. The van der Waals surface area contributed by atoms with Gasteiger partial charge >= 0.3 is 8.05 Å². The molecule has 0 aliphatic rings. The average molecular weight is 235 g/mol. The second-order valence-electron chi connectivity index (χ2n) is 4.20. The first kappa shape index (κ1) is 12.4. The quantitative estimate of drug-likeness (QED) is 0.589. The van der Waals surface area contributed by atoms with Crippen molar-refractivity contribution in [3.05, 3.63) is 59.2 Å². The Labute approximate surface area is 109 Å². The molecule has 0 aliphatic carbocycles. The van der Waals surface area contributed by atoms with Crippen LogP contribution in [0.5, 0.6) is 5.75 Å². The minimum Gasteiger partial charge on any atom is -0.567 e. The summed E-state index contributed by atoms with van der Waals surface area (Å²) in [6, 6.07) is 13.7. The molecule has 88 valence electrons. The van der Waals surface area contributed by atoms with E-state index in [0.717, 1.165) is 16.8 Å². The number of hydrogen-bond donors (Lipinski definition) is 0. The van der Waals surface area contributed by atoms with Crippen LogP contribution < -0.4 is 4.65 Å². The zero-order valence-corrected chi connectivity index (χ0v) is 10.6. The highest BCUT2D eigenvalue weighted by Crippen LogP contribution is 2.21. The Morgan fingerprint density at radius 1 is 1.11 bits per heavy atom. The van der Waals surface area contributed by atoms with Gasteiger partial charge in [-0.2, -0.15) is 0 Å². The van der Waals surface area contributed by atoms with E-state index in [2.05, 4.69) is 30.1 Å². The van der Waals surface area contributed by atoms with E-state index in [-0.39, 0.29) is 0 Å². The molecule has 2 rings (SSSR count).